The molecule has 2 aromatic heterocycles. The summed E-state index contributed by atoms with van der Waals surface area (Å²) < 4.78 is 1.58. The number of aromatic nitrogens is 3. The van der Waals surface area contributed by atoms with Gasteiger partial charge in [0.1, 0.15) is 5.82 Å². The fourth-order valence-corrected chi connectivity index (χ4v) is 3.59. The highest BCUT2D eigenvalue weighted by Crippen LogP contribution is 2.41. The van der Waals surface area contributed by atoms with Crippen LogP contribution in [0.5, 0.6) is 0 Å². The molecule has 2 fully saturated rings. The Morgan fingerprint density at radius 2 is 2.04 bits per heavy atom. The maximum atomic E-state index is 12.9. The number of hydrogen-bond acceptors (Lipinski definition) is 4. The van der Waals surface area contributed by atoms with E-state index < -0.39 is 0 Å². The fourth-order valence-electron chi connectivity index (χ4n) is 3.39. The molecule has 0 spiro atoms. The molecule has 0 amide bonds. The number of anilines is 1. The van der Waals surface area contributed by atoms with Gasteiger partial charge in [0.25, 0.3) is 0 Å². The number of nitrogens with one attached hydrogen (secondary N) is 1. The first-order valence-electron chi connectivity index (χ1n) is 9.12. The Balaban J connectivity index is 1.73. The Kier molecular flexibility index (Phi) is 3.71. The van der Waals surface area contributed by atoms with E-state index in [2.05, 4.69) is 33.5 Å². The zero-order valence-corrected chi connectivity index (χ0v) is 15.0. The van der Waals surface area contributed by atoms with Crippen molar-refractivity contribution in [1.82, 2.24) is 14.5 Å². The molecule has 6 heteroatoms. The molecule has 0 aliphatic heterocycles. The van der Waals surface area contributed by atoms with Crippen LogP contribution in [0.2, 0.25) is 5.15 Å². The number of hydrogen-bond donors (Lipinski definition) is 1. The van der Waals surface area contributed by atoms with Gasteiger partial charge < -0.3 is 5.32 Å². The number of fused-ring (bicyclic) bond motifs is 1. The van der Waals surface area contributed by atoms with Crippen LogP contribution in [0.3, 0.4) is 0 Å². The van der Waals surface area contributed by atoms with Crippen molar-refractivity contribution < 1.29 is 0 Å². The molecule has 2 saturated carbocycles. The van der Waals surface area contributed by atoms with Gasteiger partial charge in [-0.1, -0.05) is 17.7 Å². The first kappa shape index (κ1) is 15.8. The van der Waals surface area contributed by atoms with Crippen molar-refractivity contribution in [3.05, 3.63) is 57.7 Å². The van der Waals surface area contributed by atoms with Crippen LogP contribution in [0.1, 0.15) is 37.2 Å². The molecule has 2 aliphatic rings. The van der Waals surface area contributed by atoms with Gasteiger partial charge in [0.05, 0.1) is 11.2 Å². The molecule has 0 saturated heterocycles. The Bertz CT molecular complexity index is 1050. The topological polar surface area (TPSA) is 59.8 Å². The summed E-state index contributed by atoms with van der Waals surface area (Å²) in [5, 5.41) is 4.61. The molecule has 5 rings (SSSR count). The van der Waals surface area contributed by atoms with Gasteiger partial charge in [0.2, 0.25) is 0 Å². The molecule has 0 radical (unpaired) electrons. The van der Waals surface area contributed by atoms with E-state index in [-0.39, 0.29) is 5.69 Å². The fraction of sp³-hybridized carbons (Fsp3) is 0.350. The highest BCUT2D eigenvalue weighted by molar-refractivity contribution is 6.31. The Labute approximate surface area is 156 Å². The van der Waals surface area contributed by atoms with Crippen LogP contribution in [0, 0.1) is 5.92 Å². The lowest BCUT2D eigenvalue weighted by Gasteiger charge is -2.15. The molecule has 2 heterocycles. The Hall–Kier alpha value is -2.40. The van der Waals surface area contributed by atoms with Crippen LogP contribution in [-0.4, -0.2) is 21.1 Å². The summed E-state index contributed by atoms with van der Waals surface area (Å²) in [6.07, 6.45) is 6.54. The van der Waals surface area contributed by atoms with Gasteiger partial charge in [0, 0.05) is 18.1 Å². The summed E-state index contributed by atoms with van der Waals surface area (Å²) in [7, 11) is 0. The lowest BCUT2D eigenvalue weighted by atomic mass is 10.1. The van der Waals surface area contributed by atoms with Crippen LogP contribution < -0.4 is 11.0 Å². The van der Waals surface area contributed by atoms with Gasteiger partial charge in [0.15, 0.2) is 5.15 Å². The monoisotopic (exact) mass is 366 g/mol. The molecule has 3 aromatic rings. The molecule has 1 N–H and O–H groups in total. The summed E-state index contributed by atoms with van der Waals surface area (Å²) in [6, 6.07) is 9.93. The van der Waals surface area contributed by atoms with Crippen LogP contribution in [0.25, 0.3) is 16.6 Å². The minimum Gasteiger partial charge on any atom is -0.369 e. The highest BCUT2D eigenvalue weighted by atomic mass is 35.5. The first-order chi connectivity index (χ1) is 12.7. The van der Waals surface area contributed by atoms with Gasteiger partial charge in [-0.15, -0.1) is 0 Å². The van der Waals surface area contributed by atoms with Crippen molar-refractivity contribution in [3.63, 3.8) is 0 Å². The highest BCUT2D eigenvalue weighted by Gasteiger charge is 2.25. The van der Waals surface area contributed by atoms with Gasteiger partial charge >= 0.3 is 5.69 Å². The molecule has 0 unspecified atom stereocenters. The molecule has 0 bridgehead atoms. The number of benzene rings is 1. The summed E-state index contributed by atoms with van der Waals surface area (Å²) in [5.74, 6) is 1.96. The number of rotatable bonds is 5. The Morgan fingerprint density at radius 3 is 2.77 bits per heavy atom. The van der Waals surface area contributed by atoms with Crippen LogP contribution in [0.4, 0.5) is 5.82 Å². The normalized spacial score (nSPS) is 16.8. The smallest absolute Gasteiger partial charge is 0.354 e. The van der Waals surface area contributed by atoms with Crippen LogP contribution >= 0.6 is 11.6 Å². The zero-order valence-electron chi connectivity index (χ0n) is 14.3. The SMILES string of the molecule is O=c1nc(NCC2CC2)c2ccc(C3CC3)cc2n1-c1cccnc1Cl. The predicted octanol–water partition coefficient (Wildman–Crippen LogP) is 4.13. The molecular weight excluding hydrogens is 348 g/mol. The minimum absolute atomic E-state index is 0.299. The summed E-state index contributed by atoms with van der Waals surface area (Å²) in [6.45, 7) is 0.865. The van der Waals surface area contributed by atoms with Crippen molar-refractivity contribution >= 4 is 28.3 Å². The average Bonchev–Trinajstić information content (AvgIpc) is 3.54. The second kappa shape index (κ2) is 6.09. The predicted molar refractivity (Wildman–Crippen MR) is 103 cm³/mol. The standard InChI is InChI=1S/C20H19ClN4O/c21-18-16(2-1-9-22-18)25-17-10-14(13-5-6-13)7-8-15(17)19(24-20(25)26)23-11-12-3-4-12/h1-2,7-10,12-13H,3-6,11H2,(H,23,24,26). The van der Waals surface area contributed by atoms with Gasteiger partial charge in [-0.2, -0.15) is 4.98 Å². The van der Waals surface area contributed by atoms with Crippen molar-refractivity contribution in [2.24, 2.45) is 5.92 Å². The van der Waals surface area contributed by atoms with Crippen molar-refractivity contribution in [2.75, 3.05) is 11.9 Å². The van der Waals surface area contributed by atoms with Gasteiger partial charge in [-0.05, 0) is 67.3 Å². The molecule has 1 aromatic carbocycles. The first-order valence-corrected chi connectivity index (χ1v) is 9.50. The maximum absolute atomic E-state index is 12.9. The van der Waals surface area contributed by atoms with Gasteiger partial charge in [-0.25, -0.2) is 9.78 Å². The van der Waals surface area contributed by atoms with E-state index in [0.717, 1.165) is 17.4 Å². The third-order valence-corrected chi connectivity index (χ3v) is 5.49. The quantitative estimate of drug-likeness (QED) is 0.689. The molecule has 26 heavy (non-hydrogen) atoms. The summed E-state index contributed by atoms with van der Waals surface area (Å²) >= 11 is 6.28. The second-order valence-electron chi connectivity index (χ2n) is 7.27. The number of halogens is 1. The summed E-state index contributed by atoms with van der Waals surface area (Å²) in [5.41, 5.74) is 2.34. The summed E-state index contributed by atoms with van der Waals surface area (Å²) in [4.78, 5) is 21.3. The molecule has 2 aliphatic carbocycles. The van der Waals surface area contributed by atoms with Crippen molar-refractivity contribution in [1.29, 1.82) is 0 Å². The third-order valence-electron chi connectivity index (χ3n) is 5.20. The molecular formula is C20H19ClN4O. The van der Waals surface area contributed by atoms with E-state index in [1.165, 1.54) is 31.2 Å². The van der Waals surface area contributed by atoms with E-state index in [1.807, 2.05) is 0 Å². The molecule has 132 valence electrons. The van der Waals surface area contributed by atoms with E-state index in [9.17, 15) is 4.79 Å². The van der Waals surface area contributed by atoms with Crippen LogP contribution in [-0.2, 0) is 0 Å². The van der Waals surface area contributed by atoms with E-state index in [4.69, 9.17) is 11.6 Å². The largest absolute Gasteiger partial charge is 0.369 e. The van der Waals surface area contributed by atoms with E-state index >= 15 is 0 Å². The second-order valence-corrected chi connectivity index (χ2v) is 7.62. The van der Waals surface area contributed by atoms with E-state index in [0.29, 0.717) is 28.5 Å². The number of nitrogens with zero attached hydrogens (tertiary/aromatic N) is 3. The van der Waals surface area contributed by atoms with Crippen molar-refractivity contribution in [3.8, 4) is 5.69 Å². The van der Waals surface area contributed by atoms with E-state index in [1.54, 1.807) is 22.9 Å². The molecule has 5 nitrogen and oxygen atoms in total. The van der Waals surface area contributed by atoms with Gasteiger partial charge in [-0.3, -0.25) is 4.57 Å². The average molecular weight is 367 g/mol. The minimum atomic E-state index is -0.335. The van der Waals surface area contributed by atoms with Crippen molar-refractivity contribution in [2.45, 2.75) is 31.6 Å². The maximum Gasteiger partial charge on any atom is 0.354 e. The third kappa shape index (κ3) is 2.86. The lowest BCUT2D eigenvalue weighted by molar-refractivity contribution is 0.874. The Morgan fingerprint density at radius 1 is 1.19 bits per heavy atom. The zero-order chi connectivity index (χ0) is 17.7. The number of pyridine rings is 1. The van der Waals surface area contributed by atoms with Crippen LogP contribution in [0.15, 0.2) is 41.3 Å². The molecule has 0 atom stereocenters. The lowest BCUT2D eigenvalue weighted by Crippen LogP contribution is -2.24.